The molecule has 0 unspecified atom stereocenters. The first-order valence-corrected chi connectivity index (χ1v) is 42.2. The van der Waals surface area contributed by atoms with Crippen molar-refractivity contribution in [3.63, 3.8) is 0 Å². The van der Waals surface area contributed by atoms with Crippen LogP contribution in [0.5, 0.6) is 0 Å². The van der Waals surface area contributed by atoms with Gasteiger partial charge in [-0.25, -0.2) is 0 Å². The van der Waals surface area contributed by atoms with Gasteiger partial charge in [0, 0.05) is 52.4 Å². The number of allylic oxidation sites excluding steroid dienone is 1. The predicted molar refractivity (Wildman–Crippen MR) is 367 cm³/mol. The average molecular weight is 1170 g/mol. The summed E-state index contributed by atoms with van der Waals surface area (Å²) in [5.74, 6) is 23.4. The lowest BCUT2D eigenvalue weighted by Crippen LogP contribution is -1.69. The van der Waals surface area contributed by atoms with Gasteiger partial charge in [0.15, 0.2) is 0 Å². The molecular weight excluding hydrogens is 1050 g/mol. The summed E-state index contributed by atoms with van der Waals surface area (Å²) < 4.78 is 0. The lowest BCUT2D eigenvalue weighted by Gasteiger charge is -1.90. The second-order valence-electron chi connectivity index (χ2n) is 8.04. The first-order chi connectivity index (χ1) is 31.3. The van der Waals surface area contributed by atoms with Crippen LogP contribution in [0.1, 0.15) is 191 Å². The van der Waals surface area contributed by atoms with Crippen LogP contribution in [0.3, 0.4) is 0 Å². The van der Waals surface area contributed by atoms with Crippen molar-refractivity contribution in [1.29, 1.82) is 0 Å². The predicted octanol–water partition coefficient (Wildman–Crippen LogP) is 25.2. The Kier molecular flexibility index (Phi) is 298. The maximum atomic E-state index is 3.64. The maximum Gasteiger partial charge on any atom is 0.0651 e. The van der Waals surface area contributed by atoms with Crippen molar-refractivity contribution >= 4 is 151 Å². The van der Waals surface area contributed by atoms with Crippen molar-refractivity contribution in [3.8, 4) is 23.7 Å². The Hall–Kier alpha value is 3.50. The average Bonchev–Trinajstić information content (AvgIpc) is 3.36. The standard InChI is InChI=1S/C9H12S2.C8H14S2.C5H12S2.2C4H10S2.C3H8S2.C3H8.C2H6S2.6C2H6/c1-3-5-7-9-11-10-8-6-4-2;1-3-5-6-8-10-9-7-4-2;1-3-5-7-6-4-2;1-3-4-6-5-2;1-3-5-6-4-2;1-3-5-4-2;1-3-2;1-3-4-2;6*1-2/h3,8-9H2,1-2H3;4-6H,2-3,7-8H2,1H3;3-5H2,1-2H3;2*3-4H2,1-2H3;3H2,1-2H3;3H2,1-2H3;1-2H3;6*1-2H3. The van der Waals surface area contributed by atoms with E-state index in [4.69, 9.17) is 0 Å². The van der Waals surface area contributed by atoms with E-state index in [1.807, 2.05) is 204 Å². The molecule has 0 fully saturated rings. The Morgan fingerprint density at radius 1 is 0.391 bits per heavy atom. The van der Waals surface area contributed by atoms with Gasteiger partial charge in [0.05, 0.1) is 11.5 Å². The summed E-state index contributed by atoms with van der Waals surface area (Å²) in [5.41, 5.74) is 0. The fraction of sp³-hybridized carbons (Fsp3) is 0.840. The topological polar surface area (TPSA) is 0 Å². The second-order valence-corrected chi connectivity index (χ2v) is 27.2. The lowest BCUT2D eigenvalue weighted by atomic mass is 10.4. The molecule has 0 aliphatic rings. The van der Waals surface area contributed by atoms with Crippen LogP contribution in [-0.2, 0) is 0 Å². The SMILES string of the molecule is C=CCSSCC=CCC.CC.CC.CC.CC.CC.CC.CC#CCSSCC#CCC.CCC.CCCSSC.CCCSSCC.CCSSC.CCSSCC.CSSC. The van der Waals surface area contributed by atoms with Crippen LogP contribution in [0.4, 0.5) is 0 Å². The van der Waals surface area contributed by atoms with Gasteiger partial charge >= 0.3 is 0 Å². The minimum Gasteiger partial charge on any atom is -0.106 e. The smallest absolute Gasteiger partial charge is 0.0651 e. The molecule has 0 radical (unpaired) electrons. The molecule has 0 saturated heterocycles. The van der Waals surface area contributed by atoms with Crippen LogP contribution in [0.15, 0.2) is 24.8 Å². The quantitative estimate of drug-likeness (QED) is 0.0437. The van der Waals surface area contributed by atoms with Gasteiger partial charge in [-0.1, -0.05) is 340 Å². The van der Waals surface area contributed by atoms with Gasteiger partial charge in [0.25, 0.3) is 0 Å². The van der Waals surface area contributed by atoms with Gasteiger partial charge in [0.1, 0.15) is 0 Å². The molecule has 14 heteroatoms. The van der Waals surface area contributed by atoms with E-state index in [2.05, 4.69) is 137 Å². The third kappa shape index (κ3) is 275. The highest BCUT2D eigenvalue weighted by atomic mass is 33.1. The summed E-state index contributed by atoms with van der Waals surface area (Å²) in [6.07, 6.45) is 20.6. The Morgan fingerprint density at radius 2 is 0.750 bits per heavy atom. The molecule has 0 rings (SSSR count). The van der Waals surface area contributed by atoms with E-state index in [1.54, 1.807) is 43.2 Å². The lowest BCUT2D eigenvalue weighted by molar-refractivity contribution is 1.09. The minimum absolute atomic E-state index is 0.912. The Bertz CT molecular complexity index is 626. The van der Waals surface area contributed by atoms with Gasteiger partial charge in [-0.3, -0.25) is 0 Å². The van der Waals surface area contributed by atoms with Gasteiger partial charge in [-0.15, -0.1) is 18.4 Å². The number of rotatable bonds is 22. The molecule has 0 heterocycles. The van der Waals surface area contributed by atoms with Gasteiger partial charge in [0.2, 0.25) is 0 Å². The number of hydrogen-bond donors (Lipinski definition) is 0. The first kappa shape index (κ1) is 104. The summed E-state index contributed by atoms with van der Waals surface area (Å²) in [6, 6.07) is 0. The van der Waals surface area contributed by atoms with Gasteiger partial charge in [-0.05, 0) is 51.2 Å². The first-order valence-electron chi connectivity index (χ1n) is 23.8. The molecule has 0 aliphatic heterocycles. The van der Waals surface area contributed by atoms with Crippen molar-refractivity contribution in [2.45, 2.75) is 191 Å². The molecule has 0 bridgehead atoms. The molecule has 0 spiro atoms. The third-order valence-electron chi connectivity index (χ3n) is 3.28. The molecule has 400 valence electrons. The monoisotopic (exact) mass is 1160 g/mol. The normalized spacial score (nSPS) is 7.61. The van der Waals surface area contributed by atoms with Crippen LogP contribution < -0.4 is 0 Å². The van der Waals surface area contributed by atoms with E-state index < -0.39 is 0 Å². The maximum absolute atomic E-state index is 3.64. The van der Waals surface area contributed by atoms with Crippen molar-refractivity contribution in [2.24, 2.45) is 0 Å². The van der Waals surface area contributed by atoms with Crippen LogP contribution in [0, 0.1) is 23.7 Å². The molecule has 0 aliphatic carbocycles. The van der Waals surface area contributed by atoms with E-state index in [9.17, 15) is 0 Å². The third-order valence-corrected chi connectivity index (χ3v) is 17.8. The largest absolute Gasteiger partial charge is 0.106 e. The Balaban J connectivity index is -0.0000000367. The minimum atomic E-state index is 0.912. The highest BCUT2D eigenvalue weighted by Crippen LogP contribution is 2.21. The molecule has 0 nitrogen and oxygen atoms in total. The molecule has 0 saturated carbocycles. The Labute approximate surface area is 468 Å². The van der Waals surface area contributed by atoms with E-state index in [1.165, 1.54) is 53.8 Å². The summed E-state index contributed by atoms with van der Waals surface area (Å²) in [5, 5.41) is 0. The zero-order valence-corrected chi connectivity index (χ0v) is 59.2. The van der Waals surface area contributed by atoms with E-state index in [-0.39, 0.29) is 0 Å². The summed E-state index contributed by atoms with van der Waals surface area (Å²) in [6.45, 7) is 51.1. The van der Waals surface area contributed by atoms with Gasteiger partial charge in [-0.2, -0.15) is 0 Å². The van der Waals surface area contributed by atoms with Gasteiger partial charge < -0.3 is 0 Å². The Morgan fingerprint density at radius 3 is 1.02 bits per heavy atom. The van der Waals surface area contributed by atoms with Crippen LogP contribution >= 0.6 is 151 Å². The van der Waals surface area contributed by atoms with E-state index >= 15 is 0 Å². The summed E-state index contributed by atoms with van der Waals surface area (Å²) in [7, 11) is 26.1. The van der Waals surface area contributed by atoms with Crippen molar-refractivity contribution in [3.05, 3.63) is 24.8 Å². The molecule has 0 N–H and O–H groups in total. The zero-order valence-electron chi connectivity index (χ0n) is 47.8. The molecule has 0 amide bonds. The van der Waals surface area contributed by atoms with E-state index in [0.29, 0.717) is 0 Å². The second kappa shape index (κ2) is 183. The molecular formula is C50H116S14. The van der Waals surface area contributed by atoms with Crippen LogP contribution in [0.2, 0.25) is 0 Å². The fourth-order valence-corrected chi connectivity index (χ4v) is 9.89. The number of hydrogen-bond acceptors (Lipinski definition) is 14. The highest BCUT2D eigenvalue weighted by molar-refractivity contribution is 8.78. The molecule has 0 aromatic carbocycles. The van der Waals surface area contributed by atoms with Crippen LogP contribution in [-0.4, -0.2) is 82.6 Å². The molecule has 64 heavy (non-hydrogen) atoms. The van der Waals surface area contributed by atoms with Crippen LogP contribution in [0.25, 0.3) is 0 Å². The summed E-state index contributed by atoms with van der Waals surface area (Å²) >= 11 is 0. The highest BCUT2D eigenvalue weighted by Gasteiger charge is 1.83. The molecule has 0 aromatic heterocycles. The van der Waals surface area contributed by atoms with E-state index in [0.717, 1.165) is 35.9 Å². The van der Waals surface area contributed by atoms with Crippen molar-refractivity contribution in [1.82, 2.24) is 0 Å². The van der Waals surface area contributed by atoms with Crippen molar-refractivity contribution in [2.75, 3.05) is 82.6 Å². The van der Waals surface area contributed by atoms with Crippen molar-refractivity contribution < 1.29 is 0 Å². The molecule has 0 atom stereocenters. The summed E-state index contributed by atoms with van der Waals surface area (Å²) in [4.78, 5) is 0. The molecule has 0 aromatic rings. The zero-order chi connectivity index (χ0) is 53.5. The fourth-order valence-electron chi connectivity index (χ4n) is 1.49.